The Morgan fingerprint density at radius 1 is 1.36 bits per heavy atom. The van der Waals surface area contributed by atoms with Crippen LogP contribution in [-0.4, -0.2) is 28.2 Å². The van der Waals surface area contributed by atoms with Crippen LogP contribution >= 0.6 is 11.3 Å². The third kappa shape index (κ3) is 4.45. The molecule has 0 aliphatic carbocycles. The fourth-order valence-corrected chi connectivity index (χ4v) is 4.14. The zero-order valence-electron chi connectivity index (χ0n) is 14.6. The fraction of sp³-hybridized carbons (Fsp3) is 0.421. The van der Waals surface area contributed by atoms with Crippen molar-refractivity contribution in [2.45, 2.75) is 45.7 Å². The Morgan fingerprint density at radius 2 is 2.20 bits per heavy atom. The maximum absolute atomic E-state index is 12.8. The molecular weight excluding hydrogens is 334 g/mol. The lowest BCUT2D eigenvalue weighted by Crippen LogP contribution is -2.31. The van der Waals surface area contributed by atoms with Crippen molar-refractivity contribution in [1.29, 1.82) is 0 Å². The molecule has 2 aromatic heterocycles. The summed E-state index contributed by atoms with van der Waals surface area (Å²) in [5.41, 5.74) is 1.92. The average molecular weight is 357 g/mol. The van der Waals surface area contributed by atoms with Crippen molar-refractivity contribution in [2.75, 3.05) is 6.54 Å². The monoisotopic (exact) mass is 357 g/mol. The first-order valence-corrected chi connectivity index (χ1v) is 9.38. The topological polar surface area (TPSA) is 62.3 Å². The smallest absolute Gasteiger partial charge is 0.228 e. The predicted octanol–water partition coefficient (Wildman–Crippen LogP) is 2.99. The second-order valence-electron chi connectivity index (χ2n) is 6.42. The lowest BCUT2D eigenvalue weighted by Gasteiger charge is -2.25. The van der Waals surface area contributed by atoms with Crippen molar-refractivity contribution < 1.29 is 9.59 Å². The zero-order valence-corrected chi connectivity index (χ0v) is 15.4. The number of hydrogen-bond donors (Lipinski definition) is 1. The molecule has 1 N–H and O–H groups in total. The van der Waals surface area contributed by atoms with Crippen LogP contribution < -0.4 is 5.32 Å². The van der Waals surface area contributed by atoms with Gasteiger partial charge in [0.1, 0.15) is 0 Å². The van der Waals surface area contributed by atoms with Crippen molar-refractivity contribution in [3.8, 4) is 0 Å². The van der Waals surface area contributed by atoms with E-state index < -0.39 is 0 Å². The van der Waals surface area contributed by atoms with E-state index in [1.54, 1.807) is 17.5 Å². The molecule has 1 aliphatic rings. The van der Waals surface area contributed by atoms with Crippen molar-refractivity contribution in [1.82, 2.24) is 15.2 Å². The van der Waals surface area contributed by atoms with E-state index in [9.17, 15) is 9.59 Å². The van der Waals surface area contributed by atoms with Gasteiger partial charge in [-0.2, -0.15) is 0 Å². The number of pyridine rings is 1. The number of likely N-dealkylation sites (tertiary alicyclic amines) is 1. The van der Waals surface area contributed by atoms with Gasteiger partial charge in [0.05, 0.1) is 24.7 Å². The zero-order chi connectivity index (χ0) is 17.8. The van der Waals surface area contributed by atoms with Crippen LogP contribution in [0.2, 0.25) is 0 Å². The van der Waals surface area contributed by atoms with E-state index in [1.807, 2.05) is 23.1 Å². The average Bonchev–Trinajstić information content (AvgIpc) is 3.22. The first-order chi connectivity index (χ1) is 12.0. The highest BCUT2D eigenvalue weighted by atomic mass is 32.1. The molecule has 0 saturated carbocycles. The molecule has 25 heavy (non-hydrogen) atoms. The number of carbonyl (C=O) groups is 2. The number of aromatic nitrogens is 1. The van der Waals surface area contributed by atoms with E-state index in [2.05, 4.69) is 23.3 Å². The number of amides is 2. The van der Waals surface area contributed by atoms with Crippen LogP contribution in [-0.2, 0) is 22.6 Å². The summed E-state index contributed by atoms with van der Waals surface area (Å²) in [5.74, 6) is 0.112. The SMILES string of the molecule is CC(=O)NCc1cc(C2CCCN2C(=O)Cc2ccc(C)s2)ccn1. The molecule has 2 amide bonds. The summed E-state index contributed by atoms with van der Waals surface area (Å²) in [6, 6.07) is 8.18. The van der Waals surface area contributed by atoms with Gasteiger partial charge in [0.2, 0.25) is 11.8 Å². The van der Waals surface area contributed by atoms with Crippen LogP contribution in [0.25, 0.3) is 0 Å². The van der Waals surface area contributed by atoms with Gasteiger partial charge in [-0.05, 0) is 49.6 Å². The minimum atomic E-state index is -0.0730. The van der Waals surface area contributed by atoms with Gasteiger partial charge in [-0.3, -0.25) is 14.6 Å². The third-order valence-corrected chi connectivity index (χ3v) is 5.44. The second-order valence-corrected chi connectivity index (χ2v) is 7.80. The van der Waals surface area contributed by atoms with Gasteiger partial charge in [-0.1, -0.05) is 0 Å². The minimum absolute atomic E-state index is 0.0730. The Morgan fingerprint density at radius 3 is 2.92 bits per heavy atom. The molecule has 0 radical (unpaired) electrons. The largest absolute Gasteiger partial charge is 0.351 e. The molecule has 3 rings (SSSR count). The Labute approximate surface area is 152 Å². The minimum Gasteiger partial charge on any atom is -0.351 e. The number of nitrogens with zero attached hydrogens (tertiary/aromatic N) is 2. The number of thiophene rings is 1. The number of hydrogen-bond acceptors (Lipinski definition) is 4. The highest BCUT2D eigenvalue weighted by Crippen LogP contribution is 2.33. The van der Waals surface area contributed by atoms with E-state index in [-0.39, 0.29) is 17.9 Å². The highest BCUT2D eigenvalue weighted by molar-refractivity contribution is 7.12. The molecule has 0 bridgehead atoms. The molecule has 1 fully saturated rings. The normalized spacial score (nSPS) is 16.9. The number of carbonyl (C=O) groups excluding carboxylic acids is 2. The van der Waals surface area contributed by atoms with Gasteiger partial charge >= 0.3 is 0 Å². The van der Waals surface area contributed by atoms with Crippen LogP contribution in [0, 0.1) is 6.92 Å². The van der Waals surface area contributed by atoms with Gasteiger partial charge in [0.15, 0.2) is 0 Å². The number of rotatable bonds is 5. The molecule has 0 spiro atoms. The molecular formula is C19H23N3O2S. The summed E-state index contributed by atoms with van der Waals surface area (Å²) in [6.45, 7) is 4.77. The molecule has 1 unspecified atom stereocenters. The van der Waals surface area contributed by atoms with Gasteiger partial charge in [0.25, 0.3) is 0 Å². The van der Waals surface area contributed by atoms with Crippen molar-refractivity contribution in [3.63, 3.8) is 0 Å². The number of aryl methyl sites for hydroxylation is 1. The summed E-state index contributed by atoms with van der Waals surface area (Å²) in [4.78, 5) is 32.5. The van der Waals surface area contributed by atoms with Gasteiger partial charge in [-0.25, -0.2) is 0 Å². The second kappa shape index (κ2) is 7.78. The summed E-state index contributed by atoms with van der Waals surface area (Å²) in [6.07, 6.45) is 4.22. The van der Waals surface area contributed by atoms with Crippen LogP contribution in [0.3, 0.4) is 0 Å². The molecule has 3 heterocycles. The van der Waals surface area contributed by atoms with E-state index in [1.165, 1.54) is 11.8 Å². The van der Waals surface area contributed by atoms with Crippen LogP contribution in [0.4, 0.5) is 0 Å². The standard InChI is InChI=1S/C19H23N3O2S/c1-13-5-6-17(25-13)11-19(24)22-9-3-4-18(22)15-7-8-20-16(10-15)12-21-14(2)23/h5-8,10,18H,3-4,9,11-12H2,1-2H3,(H,21,23). The molecule has 5 nitrogen and oxygen atoms in total. The Hall–Kier alpha value is -2.21. The number of nitrogens with one attached hydrogen (secondary N) is 1. The molecule has 6 heteroatoms. The highest BCUT2D eigenvalue weighted by Gasteiger charge is 2.30. The third-order valence-electron chi connectivity index (χ3n) is 4.44. The van der Waals surface area contributed by atoms with Crippen LogP contribution in [0.15, 0.2) is 30.5 Å². The van der Waals surface area contributed by atoms with Crippen LogP contribution in [0.5, 0.6) is 0 Å². The van der Waals surface area contributed by atoms with Gasteiger partial charge in [-0.15, -0.1) is 11.3 Å². The lowest BCUT2D eigenvalue weighted by atomic mass is 10.0. The molecule has 2 aromatic rings. The van der Waals surface area contributed by atoms with Crippen LogP contribution in [0.1, 0.15) is 46.8 Å². The Bertz CT molecular complexity index is 772. The molecule has 1 aliphatic heterocycles. The molecule has 1 saturated heterocycles. The summed E-state index contributed by atoms with van der Waals surface area (Å²) >= 11 is 1.69. The Balaban J connectivity index is 1.71. The molecule has 1 atom stereocenters. The van der Waals surface area contributed by atoms with Crippen molar-refractivity contribution in [3.05, 3.63) is 51.5 Å². The predicted molar refractivity (Wildman–Crippen MR) is 98.2 cm³/mol. The maximum atomic E-state index is 12.8. The lowest BCUT2D eigenvalue weighted by molar-refractivity contribution is -0.131. The molecule has 132 valence electrons. The first kappa shape index (κ1) is 17.6. The first-order valence-electron chi connectivity index (χ1n) is 8.57. The summed E-state index contributed by atoms with van der Waals surface area (Å²) < 4.78 is 0. The van der Waals surface area contributed by atoms with E-state index in [4.69, 9.17) is 0 Å². The quantitative estimate of drug-likeness (QED) is 0.895. The summed E-state index contributed by atoms with van der Waals surface area (Å²) in [5, 5.41) is 2.77. The van der Waals surface area contributed by atoms with Gasteiger partial charge < -0.3 is 10.2 Å². The fourth-order valence-electron chi connectivity index (χ4n) is 3.26. The van der Waals surface area contributed by atoms with E-state index in [0.29, 0.717) is 13.0 Å². The Kier molecular flexibility index (Phi) is 5.48. The molecule has 0 aromatic carbocycles. The van der Waals surface area contributed by atoms with Crippen molar-refractivity contribution in [2.24, 2.45) is 0 Å². The van der Waals surface area contributed by atoms with Gasteiger partial charge in [0, 0.05) is 29.4 Å². The summed E-state index contributed by atoms with van der Waals surface area (Å²) in [7, 11) is 0. The maximum Gasteiger partial charge on any atom is 0.228 e. The van der Waals surface area contributed by atoms with E-state index in [0.717, 1.165) is 35.5 Å². The van der Waals surface area contributed by atoms with E-state index >= 15 is 0 Å². The van der Waals surface area contributed by atoms with Crippen molar-refractivity contribution >= 4 is 23.2 Å².